The average molecular weight is 299 g/mol. The molecule has 1 aliphatic rings. The molecular formula is C17H17NO4. The van der Waals surface area contributed by atoms with Crippen LogP contribution in [0.25, 0.3) is 11.1 Å². The van der Waals surface area contributed by atoms with Crippen LogP contribution in [0.4, 0.5) is 0 Å². The number of pyridine rings is 1. The highest BCUT2D eigenvalue weighted by molar-refractivity contribution is 5.79. The molecule has 5 nitrogen and oxygen atoms in total. The van der Waals surface area contributed by atoms with Crippen LogP contribution in [0.5, 0.6) is 5.75 Å². The normalized spacial score (nSPS) is 17.0. The second kappa shape index (κ2) is 5.33. The van der Waals surface area contributed by atoms with Gasteiger partial charge in [-0.1, -0.05) is 30.3 Å². The molecule has 1 aromatic carbocycles. The number of hydrogen-bond donors (Lipinski definition) is 2. The zero-order valence-corrected chi connectivity index (χ0v) is 12.2. The third-order valence-electron chi connectivity index (χ3n) is 4.32. The molecule has 0 fully saturated rings. The van der Waals surface area contributed by atoms with Crippen molar-refractivity contribution in [2.75, 3.05) is 0 Å². The zero-order valence-electron chi connectivity index (χ0n) is 12.2. The van der Waals surface area contributed by atoms with Crippen molar-refractivity contribution in [1.82, 2.24) is 4.57 Å². The lowest BCUT2D eigenvalue weighted by Crippen LogP contribution is -2.30. The van der Waals surface area contributed by atoms with Gasteiger partial charge < -0.3 is 14.8 Å². The number of aromatic nitrogens is 1. The van der Waals surface area contributed by atoms with Crippen LogP contribution >= 0.6 is 0 Å². The van der Waals surface area contributed by atoms with Crippen molar-refractivity contribution < 1.29 is 15.0 Å². The summed E-state index contributed by atoms with van der Waals surface area (Å²) in [7, 11) is 1.58. The lowest BCUT2D eigenvalue weighted by Gasteiger charge is -2.26. The van der Waals surface area contributed by atoms with E-state index in [1.165, 1.54) is 4.57 Å². The van der Waals surface area contributed by atoms with Gasteiger partial charge in [0.2, 0.25) is 0 Å². The number of nitrogens with zero attached hydrogens (tertiary/aromatic N) is 1. The summed E-state index contributed by atoms with van der Waals surface area (Å²) in [5, 5.41) is 20.0. The van der Waals surface area contributed by atoms with Crippen molar-refractivity contribution in [2.45, 2.75) is 25.2 Å². The van der Waals surface area contributed by atoms with Gasteiger partial charge in [-0.15, -0.1) is 0 Å². The first-order chi connectivity index (χ1) is 10.5. The molecule has 0 aliphatic heterocycles. The Morgan fingerprint density at radius 3 is 2.59 bits per heavy atom. The van der Waals surface area contributed by atoms with Gasteiger partial charge in [-0.3, -0.25) is 9.59 Å². The van der Waals surface area contributed by atoms with Crippen molar-refractivity contribution >= 4 is 5.97 Å². The van der Waals surface area contributed by atoms with Crippen LogP contribution < -0.4 is 5.56 Å². The molecule has 0 saturated carbocycles. The van der Waals surface area contributed by atoms with E-state index in [1.54, 1.807) is 31.3 Å². The Bertz CT molecular complexity index is 793. The maximum absolute atomic E-state index is 12.6. The molecular weight excluding hydrogens is 282 g/mol. The fourth-order valence-electron chi connectivity index (χ4n) is 3.27. The molecule has 5 heteroatoms. The maximum Gasteiger partial charge on any atom is 0.312 e. The Morgan fingerprint density at radius 1 is 1.27 bits per heavy atom. The third kappa shape index (κ3) is 2.09. The van der Waals surface area contributed by atoms with Gasteiger partial charge in [-0.25, -0.2) is 0 Å². The van der Waals surface area contributed by atoms with Crippen LogP contribution in [0.3, 0.4) is 0 Å². The number of rotatable bonds is 2. The molecule has 3 rings (SSSR count). The van der Waals surface area contributed by atoms with Gasteiger partial charge in [0.1, 0.15) is 5.75 Å². The van der Waals surface area contributed by atoms with Gasteiger partial charge in [0.05, 0.1) is 11.5 Å². The van der Waals surface area contributed by atoms with E-state index in [0.717, 1.165) is 0 Å². The first kappa shape index (κ1) is 14.4. The molecule has 2 N–H and O–H groups in total. The maximum atomic E-state index is 12.6. The summed E-state index contributed by atoms with van der Waals surface area (Å²) < 4.78 is 1.38. The molecule has 0 amide bonds. The molecule has 22 heavy (non-hydrogen) atoms. The standard InChI is InChI=1S/C17H17NO4/c1-18-14-11(8-5-9-12(14)17(21)22)15(19)13(16(18)20)10-6-3-2-4-7-10/h2-4,6-7,12,19H,5,8-9H2,1H3,(H,21,22). The van der Waals surface area contributed by atoms with Crippen molar-refractivity contribution in [2.24, 2.45) is 7.05 Å². The highest BCUT2D eigenvalue weighted by Crippen LogP contribution is 2.39. The van der Waals surface area contributed by atoms with E-state index in [4.69, 9.17) is 0 Å². The number of aliphatic carboxylic acids is 1. The fourth-order valence-corrected chi connectivity index (χ4v) is 3.27. The Hall–Kier alpha value is -2.56. The summed E-state index contributed by atoms with van der Waals surface area (Å²) in [5.41, 5.74) is 1.53. The lowest BCUT2D eigenvalue weighted by atomic mass is 9.84. The van der Waals surface area contributed by atoms with Gasteiger partial charge >= 0.3 is 5.97 Å². The molecule has 0 saturated heterocycles. The smallest absolute Gasteiger partial charge is 0.312 e. The topological polar surface area (TPSA) is 79.5 Å². The number of aromatic hydroxyl groups is 1. The number of carboxylic acids is 1. The molecule has 1 aliphatic carbocycles. The zero-order chi connectivity index (χ0) is 15.9. The second-order valence-electron chi connectivity index (χ2n) is 5.60. The van der Waals surface area contributed by atoms with E-state index in [2.05, 4.69) is 0 Å². The Balaban J connectivity index is 2.32. The minimum Gasteiger partial charge on any atom is -0.507 e. The van der Waals surface area contributed by atoms with Crippen molar-refractivity contribution in [3.8, 4) is 16.9 Å². The van der Waals surface area contributed by atoms with E-state index >= 15 is 0 Å². The second-order valence-corrected chi connectivity index (χ2v) is 5.60. The summed E-state index contributed by atoms with van der Waals surface area (Å²) >= 11 is 0. The van der Waals surface area contributed by atoms with Crippen LogP contribution in [-0.2, 0) is 18.3 Å². The molecule has 0 radical (unpaired) electrons. The fraction of sp³-hybridized carbons (Fsp3) is 0.294. The van der Waals surface area contributed by atoms with E-state index < -0.39 is 11.9 Å². The highest BCUT2D eigenvalue weighted by Gasteiger charge is 2.32. The summed E-state index contributed by atoms with van der Waals surface area (Å²) in [6.45, 7) is 0. The SMILES string of the molecule is Cn1c2c(c(O)c(-c3ccccc3)c1=O)CCCC2C(=O)O. The van der Waals surface area contributed by atoms with E-state index in [0.29, 0.717) is 36.1 Å². The van der Waals surface area contributed by atoms with Gasteiger partial charge in [-0.05, 0) is 24.8 Å². The first-order valence-corrected chi connectivity index (χ1v) is 7.25. The molecule has 0 spiro atoms. The molecule has 1 aromatic heterocycles. The van der Waals surface area contributed by atoms with Crippen LogP contribution in [0.15, 0.2) is 35.1 Å². The van der Waals surface area contributed by atoms with Crippen LogP contribution in [-0.4, -0.2) is 20.7 Å². The predicted molar refractivity (Wildman–Crippen MR) is 82.1 cm³/mol. The third-order valence-corrected chi connectivity index (χ3v) is 4.32. The number of fused-ring (bicyclic) bond motifs is 1. The average Bonchev–Trinajstić information content (AvgIpc) is 2.53. The molecule has 1 heterocycles. The van der Waals surface area contributed by atoms with E-state index in [9.17, 15) is 19.8 Å². The quantitative estimate of drug-likeness (QED) is 0.891. The largest absolute Gasteiger partial charge is 0.507 e. The Labute approximate surface area is 127 Å². The predicted octanol–water partition coefficient (Wildman–Crippen LogP) is 2.26. The van der Waals surface area contributed by atoms with Gasteiger partial charge in [-0.2, -0.15) is 0 Å². The van der Waals surface area contributed by atoms with Crippen molar-refractivity contribution in [3.05, 3.63) is 51.9 Å². The summed E-state index contributed by atoms with van der Waals surface area (Å²) in [4.78, 5) is 24.1. The molecule has 2 aromatic rings. The summed E-state index contributed by atoms with van der Waals surface area (Å²) in [5.74, 6) is -1.77. The molecule has 1 unspecified atom stereocenters. The van der Waals surface area contributed by atoms with Crippen LogP contribution in [0.2, 0.25) is 0 Å². The minimum atomic E-state index is -0.956. The van der Waals surface area contributed by atoms with Crippen LogP contribution in [0, 0.1) is 0 Å². The molecule has 114 valence electrons. The highest BCUT2D eigenvalue weighted by atomic mass is 16.4. The van der Waals surface area contributed by atoms with E-state index in [-0.39, 0.29) is 16.9 Å². The number of benzene rings is 1. The van der Waals surface area contributed by atoms with Gasteiger partial charge in [0.25, 0.3) is 5.56 Å². The summed E-state index contributed by atoms with van der Waals surface area (Å²) in [6, 6.07) is 8.96. The van der Waals surface area contributed by atoms with Crippen LogP contribution in [0.1, 0.15) is 30.0 Å². The molecule has 1 atom stereocenters. The number of carbonyl (C=O) groups is 1. The monoisotopic (exact) mass is 299 g/mol. The first-order valence-electron chi connectivity index (χ1n) is 7.25. The van der Waals surface area contributed by atoms with Crippen molar-refractivity contribution in [3.63, 3.8) is 0 Å². The molecule has 0 bridgehead atoms. The minimum absolute atomic E-state index is 0.0738. The number of hydrogen-bond acceptors (Lipinski definition) is 3. The van der Waals surface area contributed by atoms with Crippen molar-refractivity contribution in [1.29, 1.82) is 0 Å². The summed E-state index contributed by atoms with van der Waals surface area (Å²) in [6.07, 6.45) is 1.75. The van der Waals surface area contributed by atoms with E-state index in [1.807, 2.05) is 6.07 Å². The van der Waals surface area contributed by atoms with Gasteiger partial charge in [0.15, 0.2) is 0 Å². The Morgan fingerprint density at radius 2 is 1.95 bits per heavy atom. The number of carboxylic acid groups (broad SMARTS) is 1. The van der Waals surface area contributed by atoms with Gasteiger partial charge in [0, 0.05) is 18.3 Å². The Kier molecular flexibility index (Phi) is 3.48. The lowest BCUT2D eigenvalue weighted by molar-refractivity contribution is -0.139.